The Morgan fingerprint density at radius 1 is 1.41 bits per heavy atom. The van der Waals surface area contributed by atoms with Crippen LogP contribution in [0.25, 0.3) is 0 Å². The number of halogens is 2. The maximum atomic E-state index is 11.6. The van der Waals surface area contributed by atoms with Crippen LogP contribution in [0.3, 0.4) is 0 Å². The van der Waals surface area contributed by atoms with Gasteiger partial charge in [0.2, 0.25) is 0 Å². The summed E-state index contributed by atoms with van der Waals surface area (Å²) in [6.45, 7) is 1.26. The number of amides is 1. The van der Waals surface area contributed by atoms with Crippen LogP contribution in [-0.4, -0.2) is 11.0 Å². The lowest BCUT2D eigenvalue weighted by Gasteiger charge is -2.05. The second kappa shape index (κ2) is 5.58. The van der Waals surface area contributed by atoms with Crippen LogP contribution in [0.1, 0.15) is 6.92 Å². The van der Waals surface area contributed by atoms with Gasteiger partial charge in [-0.3, -0.25) is 4.79 Å². The highest BCUT2D eigenvalue weighted by molar-refractivity contribution is 6.42. The monoisotopic (exact) mass is 270 g/mol. The third-order valence-corrected chi connectivity index (χ3v) is 2.62. The van der Waals surface area contributed by atoms with Gasteiger partial charge in [-0.25, -0.2) is 0 Å². The molecule has 2 N–H and O–H groups in total. The van der Waals surface area contributed by atoms with Gasteiger partial charge < -0.3 is 10.4 Å². The third kappa shape index (κ3) is 3.38. The zero-order chi connectivity index (χ0) is 13.0. The molecule has 0 saturated carbocycles. The van der Waals surface area contributed by atoms with Crippen LogP contribution in [0.4, 0.5) is 5.69 Å². The minimum atomic E-state index is -0.703. The Kier molecular flexibility index (Phi) is 4.38. The van der Waals surface area contributed by atoms with Gasteiger partial charge in [-0.2, -0.15) is 5.26 Å². The number of nitriles is 1. The van der Waals surface area contributed by atoms with Gasteiger partial charge in [0.1, 0.15) is 11.8 Å². The molecule has 0 heterocycles. The van der Waals surface area contributed by atoms with Crippen LogP contribution in [0, 0.1) is 11.3 Å². The van der Waals surface area contributed by atoms with Crippen molar-refractivity contribution < 1.29 is 9.90 Å². The largest absolute Gasteiger partial charge is 0.511 e. The summed E-state index contributed by atoms with van der Waals surface area (Å²) in [5, 5.41) is 20.8. The number of aliphatic hydroxyl groups excluding tert-OH is 1. The number of anilines is 1. The van der Waals surface area contributed by atoms with E-state index >= 15 is 0 Å². The average Bonchev–Trinajstić information content (AvgIpc) is 2.24. The predicted octanol–water partition coefficient (Wildman–Crippen LogP) is 3.29. The molecule has 1 rings (SSSR count). The zero-order valence-electron chi connectivity index (χ0n) is 8.79. The van der Waals surface area contributed by atoms with Crippen LogP contribution < -0.4 is 5.32 Å². The van der Waals surface area contributed by atoms with Crippen molar-refractivity contribution >= 4 is 34.8 Å². The Morgan fingerprint density at radius 3 is 2.53 bits per heavy atom. The van der Waals surface area contributed by atoms with Crippen LogP contribution >= 0.6 is 23.2 Å². The van der Waals surface area contributed by atoms with E-state index in [1.807, 2.05) is 0 Å². The van der Waals surface area contributed by atoms with Gasteiger partial charge >= 0.3 is 0 Å². The molecule has 1 aromatic carbocycles. The third-order valence-electron chi connectivity index (χ3n) is 1.88. The van der Waals surface area contributed by atoms with Crippen molar-refractivity contribution in [2.45, 2.75) is 6.92 Å². The van der Waals surface area contributed by atoms with E-state index in [1.165, 1.54) is 25.1 Å². The molecular weight excluding hydrogens is 263 g/mol. The minimum Gasteiger partial charge on any atom is -0.511 e. The summed E-state index contributed by atoms with van der Waals surface area (Å²) < 4.78 is 0. The van der Waals surface area contributed by atoms with Crippen molar-refractivity contribution in [2.75, 3.05) is 5.32 Å². The zero-order valence-corrected chi connectivity index (χ0v) is 10.3. The van der Waals surface area contributed by atoms with Crippen molar-refractivity contribution in [3.8, 4) is 6.07 Å². The molecule has 0 atom stereocenters. The lowest BCUT2D eigenvalue weighted by atomic mass is 10.2. The van der Waals surface area contributed by atoms with Gasteiger partial charge in [0.25, 0.3) is 5.91 Å². The van der Waals surface area contributed by atoms with Crippen molar-refractivity contribution in [1.29, 1.82) is 5.26 Å². The Balaban J connectivity index is 2.93. The predicted molar refractivity (Wildman–Crippen MR) is 66.0 cm³/mol. The second-order valence-electron chi connectivity index (χ2n) is 3.16. The van der Waals surface area contributed by atoms with E-state index in [2.05, 4.69) is 5.32 Å². The normalized spacial score (nSPS) is 11.4. The molecule has 4 nitrogen and oxygen atoms in total. The lowest BCUT2D eigenvalue weighted by molar-refractivity contribution is -0.112. The molecule has 0 aliphatic carbocycles. The Morgan fingerprint density at radius 2 is 2.06 bits per heavy atom. The van der Waals surface area contributed by atoms with Crippen molar-refractivity contribution in [1.82, 2.24) is 0 Å². The number of nitrogens with one attached hydrogen (secondary N) is 1. The number of benzene rings is 1. The van der Waals surface area contributed by atoms with E-state index in [0.717, 1.165) is 0 Å². The molecule has 17 heavy (non-hydrogen) atoms. The molecule has 88 valence electrons. The molecule has 0 fully saturated rings. The number of allylic oxidation sites excluding steroid dienone is 1. The number of aliphatic hydroxyl groups is 1. The minimum absolute atomic E-state index is 0.285. The maximum Gasteiger partial charge on any atom is 0.269 e. The second-order valence-corrected chi connectivity index (χ2v) is 3.97. The standard InChI is InChI=1S/C11H8Cl2N2O2/c1-6(16)8(5-14)11(17)15-7-2-3-9(12)10(13)4-7/h2-4,16H,1H3,(H,15,17). The summed E-state index contributed by atoms with van der Waals surface area (Å²) in [5.41, 5.74) is 0.0365. The molecule has 1 aromatic rings. The van der Waals surface area contributed by atoms with Crippen molar-refractivity contribution in [3.05, 3.63) is 39.6 Å². The van der Waals surface area contributed by atoms with E-state index in [9.17, 15) is 4.79 Å². The highest BCUT2D eigenvalue weighted by Gasteiger charge is 2.13. The Labute approximate surface area is 108 Å². The molecular formula is C11H8Cl2N2O2. The first-order valence-corrected chi connectivity index (χ1v) is 5.27. The molecule has 0 saturated heterocycles. The van der Waals surface area contributed by atoms with Gasteiger partial charge in [-0.1, -0.05) is 23.2 Å². The van der Waals surface area contributed by atoms with Gasteiger partial charge in [0, 0.05) is 5.69 Å². The number of carbonyl (C=O) groups excluding carboxylic acids is 1. The topological polar surface area (TPSA) is 73.1 Å². The summed E-state index contributed by atoms with van der Waals surface area (Å²) in [7, 11) is 0. The Hall–Kier alpha value is -1.70. The van der Waals surface area contributed by atoms with E-state index in [-0.39, 0.29) is 16.4 Å². The first-order valence-electron chi connectivity index (χ1n) is 4.52. The molecule has 0 spiro atoms. The van der Waals surface area contributed by atoms with Crippen LogP contribution in [0.5, 0.6) is 0 Å². The smallest absolute Gasteiger partial charge is 0.269 e. The maximum absolute atomic E-state index is 11.6. The van der Waals surface area contributed by atoms with Crippen LogP contribution in [-0.2, 0) is 4.79 Å². The van der Waals surface area contributed by atoms with Gasteiger partial charge in [0.15, 0.2) is 5.57 Å². The van der Waals surface area contributed by atoms with Crippen LogP contribution in [0.2, 0.25) is 10.0 Å². The molecule has 0 unspecified atom stereocenters. The fraction of sp³-hybridized carbons (Fsp3) is 0.0909. The number of hydrogen-bond donors (Lipinski definition) is 2. The van der Waals surface area contributed by atoms with Gasteiger partial charge in [-0.05, 0) is 25.1 Å². The molecule has 6 heteroatoms. The number of rotatable bonds is 2. The fourth-order valence-electron chi connectivity index (χ4n) is 1.06. The summed E-state index contributed by atoms with van der Waals surface area (Å²) in [4.78, 5) is 11.6. The van der Waals surface area contributed by atoms with Crippen molar-refractivity contribution in [3.63, 3.8) is 0 Å². The summed E-state index contributed by atoms with van der Waals surface area (Å²) >= 11 is 11.5. The summed E-state index contributed by atoms with van der Waals surface area (Å²) in [6, 6.07) is 6.10. The summed E-state index contributed by atoms with van der Waals surface area (Å²) in [6.07, 6.45) is 0. The van der Waals surface area contributed by atoms with E-state index in [1.54, 1.807) is 6.07 Å². The highest BCUT2D eigenvalue weighted by Crippen LogP contribution is 2.25. The van der Waals surface area contributed by atoms with E-state index in [0.29, 0.717) is 10.7 Å². The first-order chi connectivity index (χ1) is 7.95. The molecule has 1 amide bonds. The van der Waals surface area contributed by atoms with Gasteiger partial charge in [-0.15, -0.1) is 0 Å². The van der Waals surface area contributed by atoms with Crippen molar-refractivity contribution in [2.24, 2.45) is 0 Å². The number of nitrogens with zero attached hydrogens (tertiary/aromatic N) is 1. The SMILES string of the molecule is CC(O)=C(C#N)C(=O)Nc1ccc(Cl)c(Cl)c1. The molecule has 0 bridgehead atoms. The lowest BCUT2D eigenvalue weighted by Crippen LogP contribution is -2.14. The number of carbonyl (C=O) groups is 1. The fourth-order valence-corrected chi connectivity index (χ4v) is 1.36. The molecule has 0 radical (unpaired) electrons. The highest BCUT2D eigenvalue weighted by atomic mass is 35.5. The molecule has 0 aromatic heterocycles. The molecule has 0 aliphatic heterocycles. The Bertz CT molecular complexity index is 529. The average molecular weight is 271 g/mol. The quantitative estimate of drug-likeness (QED) is 0.492. The molecule has 0 aliphatic rings. The van der Waals surface area contributed by atoms with E-state index in [4.69, 9.17) is 33.6 Å². The number of hydrogen-bond acceptors (Lipinski definition) is 3. The van der Waals surface area contributed by atoms with E-state index < -0.39 is 5.91 Å². The van der Waals surface area contributed by atoms with Gasteiger partial charge in [0.05, 0.1) is 10.0 Å². The summed E-state index contributed by atoms with van der Waals surface area (Å²) in [5.74, 6) is -1.05. The van der Waals surface area contributed by atoms with Crippen LogP contribution in [0.15, 0.2) is 29.5 Å². The first kappa shape index (κ1) is 13.4.